The predicted molar refractivity (Wildman–Crippen MR) is 122 cm³/mol. The SMILES string of the molecule is Cc1cccn2cc(-c3cccc(NC(=O)Nc4ccc5ccccc5c4)c3)nc12. The van der Waals surface area contributed by atoms with Crippen LogP contribution in [0.15, 0.2) is 91.3 Å². The van der Waals surface area contributed by atoms with Gasteiger partial charge >= 0.3 is 6.03 Å². The largest absolute Gasteiger partial charge is 0.323 e. The van der Waals surface area contributed by atoms with E-state index in [4.69, 9.17) is 4.98 Å². The normalized spacial score (nSPS) is 11.0. The second-order valence-corrected chi connectivity index (χ2v) is 7.27. The number of nitrogens with one attached hydrogen (secondary N) is 2. The Balaban J connectivity index is 1.35. The van der Waals surface area contributed by atoms with Crippen LogP contribution in [0.3, 0.4) is 0 Å². The first-order valence-corrected chi connectivity index (χ1v) is 9.77. The molecule has 0 aliphatic carbocycles. The molecule has 0 unspecified atom stereocenters. The summed E-state index contributed by atoms with van der Waals surface area (Å²) < 4.78 is 2.01. The summed E-state index contributed by atoms with van der Waals surface area (Å²) in [5, 5.41) is 8.03. The average molecular weight is 392 g/mol. The fourth-order valence-corrected chi connectivity index (χ4v) is 3.61. The highest BCUT2D eigenvalue weighted by molar-refractivity contribution is 6.01. The van der Waals surface area contributed by atoms with Gasteiger partial charge < -0.3 is 15.0 Å². The van der Waals surface area contributed by atoms with Crippen LogP contribution in [0, 0.1) is 6.92 Å². The molecule has 0 aliphatic heterocycles. The number of aromatic nitrogens is 2. The highest BCUT2D eigenvalue weighted by atomic mass is 16.2. The molecule has 0 fully saturated rings. The molecule has 0 spiro atoms. The molecule has 2 heterocycles. The van der Waals surface area contributed by atoms with E-state index in [-0.39, 0.29) is 6.03 Å². The van der Waals surface area contributed by atoms with Gasteiger partial charge in [0.2, 0.25) is 0 Å². The smallest absolute Gasteiger partial charge is 0.308 e. The van der Waals surface area contributed by atoms with E-state index in [2.05, 4.69) is 10.6 Å². The van der Waals surface area contributed by atoms with Crippen molar-refractivity contribution < 1.29 is 4.79 Å². The number of nitrogens with zero attached hydrogens (tertiary/aromatic N) is 2. The molecule has 0 saturated heterocycles. The van der Waals surface area contributed by atoms with E-state index >= 15 is 0 Å². The number of urea groups is 1. The maximum Gasteiger partial charge on any atom is 0.323 e. The topological polar surface area (TPSA) is 58.4 Å². The molecule has 5 aromatic rings. The summed E-state index contributed by atoms with van der Waals surface area (Å²) in [5.74, 6) is 0. The van der Waals surface area contributed by atoms with Crippen molar-refractivity contribution in [3.63, 3.8) is 0 Å². The van der Waals surface area contributed by atoms with Crippen LogP contribution in [0.5, 0.6) is 0 Å². The van der Waals surface area contributed by atoms with Crippen LogP contribution in [0.4, 0.5) is 16.2 Å². The van der Waals surface area contributed by atoms with Crippen LogP contribution in [-0.4, -0.2) is 15.4 Å². The highest BCUT2D eigenvalue weighted by Gasteiger charge is 2.08. The van der Waals surface area contributed by atoms with Crippen molar-refractivity contribution in [2.24, 2.45) is 0 Å². The van der Waals surface area contributed by atoms with Gasteiger partial charge in [-0.2, -0.15) is 0 Å². The van der Waals surface area contributed by atoms with Gasteiger partial charge in [-0.05, 0) is 53.6 Å². The van der Waals surface area contributed by atoms with Gasteiger partial charge in [0.05, 0.1) is 5.69 Å². The third-order valence-corrected chi connectivity index (χ3v) is 5.10. The van der Waals surface area contributed by atoms with Gasteiger partial charge in [0.15, 0.2) is 0 Å². The van der Waals surface area contributed by atoms with Crippen molar-refractivity contribution >= 4 is 33.8 Å². The van der Waals surface area contributed by atoms with Crippen molar-refractivity contribution in [1.29, 1.82) is 0 Å². The molecule has 2 N–H and O–H groups in total. The van der Waals surface area contributed by atoms with E-state index in [0.29, 0.717) is 5.69 Å². The lowest BCUT2D eigenvalue weighted by Gasteiger charge is -2.09. The molecule has 0 radical (unpaired) electrons. The molecular formula is C25H20N4O. The number of pyridine rings is 1. The molecule has 0 atom stereocenters. The number of aryl methyl sites for hydroxylation is 1. The first-order chi connectivity index (χ1) is 14.7. The molecule has 5 heteroatoms. The van der Waals surface area contributed by atoms with E-state index in [0.717, 1.165) is 38.9 Å². The van der Waals surface area contributed by atoms with Crippen molar-refractivity contribution in [3.8, 4) is 11.3 Å². The number of benzene rings is 3. The summed E-state index contributed by atoms with van der Waals surface area (Å²) in [5.41, 5.74) is 5.31. The van der Waals surface area contributed by atoms with E-state index in [1.54, 1.807) is 0 Å². The molecule has 5 nitrogen and oxygen atoms in total. The molecule has 0 bridgehead atoms. The number of hydrogen-bond donors (Lipinski definition) is 2. The zero-order valence-corrected chi connectivity index (χ0v) is 16.5. The Morgan fingerprint density at radius 1 is 0.833 bits per heavy atom. The third kappa shape index (κ3) is 3.49. The Kier molecular flexibility index (Phi) is 4.41. The Labute approximate surface area is 174 Å². The lowest BCUT2D eigenvalue weighted by molar-refractivity contribution is 0.262. The number of rotatable bonds is 3. The number of carbonyl (C=O) groups excluding carboxylic acids is 1. The van der Waals surface area contributed by atoms with Crippen LogP contribution in [0.25, 0.3) is 27.7 Å². The van der Waals surface area contributed by atoms with Crippen LogP contribution in [0.1, 0.15) is 5.56 Å². The van der Waals surface area contributed by atoms with Crippen LogP contribution < -0.4 is 10.6 Å². The minimum Gasteiger partial charge on any atom is -0.308 e. The number of imidazole rings is 1. The van der Waals surface area contributed by atoms with Gasteiger partial charge in [0.25, 0.3) is 0 Å². The second-order valence-electron chi connectivity index (χ2n) is 7.27. The van der Waals surface area contributed by atoms with Crippen molar-refractivity contribution in [2.75, 3.05) is 10.6 Å². The Morgan fingerprint density at radius 3 is 2.47 bits per heavy atom. The Morgan fingerprint density at radius 2 is 1.63 bits per heavy atom. The van der Waals surface area contributed by atoms with Crippen LogP contribution in [-0.2, 0) is 0 Å². The number of carbonyl (C=O) groups is 1. The van der Waals surface area contributed by atoms with Gasteiger partial charge in [-0.25, -0.2) is 9.78 Å². The van der Waals surface area contributed by atoms with E-state index in [1.807, 2.05) is 103 Å². The molecule has 2 aromatic heterocycles. The summed E-state index contributed by atoms with van der Waals surface area (Å²) in [6.07, 6.45) is 3.98. The van der Waals surface area contributed by atoms with Crippen molar-refractivity contribution in [2.45, 2.75) is 6.92 Å². The number of amides is 2. The molecule has 3 aromatic carbocycles. The summed E-state index contributed by atoms with van der Waals surface area (Å²) in [6, 6.07) is 25.4. The fraction of sp³-hybridized carbons (Fsp3) is 0.0400. The zero-order valence-electron chi connectivity index (χ0n) is 16.5. The Hall–Kier alpha value is -4.12. The summed E-state index contributed by atoms with van der Waals surface area (Å²) in [7, 11) is 0. The first-order valence-electron chi connectivity index (χ1n) is 9.77. The van der Waals surface area contributed by atoms with Gasteiger partial charge in [0.1, 0.15) is 5.65 Å². The van der Waals surface area contributed by atoms with E-state index in [9.17, 15) is 4.79 Å². The minimum atomic E-state index is -0.284. The van der Waals surface area contributed by atoms with Gasteiger partial charge in [-0.15, -0.1) is 0 Å². The molecule has 0 saturated carbocycles. The summed E-state index contributed by atoms with van der Waals surface area (Å²) in [4.78, 5) is 17.2. The number of anilines is 2. The van der Waals surface area contributed by atoms with Crippen molar-refractivity contribution in [3.05, 3.63) is 96.8 Å². The molecule has 0 aliphatic rings. The lowest BCUT2D eigenvalue weighted by Crippen LogP contribution is -2.19. The monoisotopic (exact) mass is 392 g/mol. The molecule has 30 heavy (non-hydrogen) atoms. The molecule has 5 rings (SSSR count). The zero-order chi connectivity index (χ0) is 20.5. The fourth-order valence-electron chi connectivity index (χ4n) is 3.61. The summed E-state index contributed by atoms with van der Waals surface area (Å²) in [6.45, 7) is 2.04. The number of hydrogen-bond acceptors (Lipinski definition) is 2. The maximum absolute atomic E-state index is 12.5. The molecule has 146 valence electrons. The standard InChI is InChI=1S/C25H20N4O/c1-17-6-5-13-29-16-23(28-24(17)29)20-9-4-10-21(15-20)26-25(30)27-22-12-11-18-7-2-3-8-19(18)14-22/h2-16H,1H3,(H2,26,27,30). The predicted octanol–water partition coefficient (Wildman–Crippen LogP) is 6.11. The average Bonchev–Trinajstić information content (AvgIpc) is 3.20. The van der Waals surface area contributed by atoms with Gasteiger partial charge in [-0.3, -0.25) is 0 Å². The maximum atomic E-state index is 12.5. The van der Waals surface area contributed by atoms with E-state index < -0.39 is 0 Å². The molecular weight excluding hydrogens is 372 g/mol. The second kappa shape index (κ2) is 7.37. The third-order valence-electron chi connectivity index (χ3n) is 5.10. The summed E-state index contributed by atoms with van der Waals surface area (Å²) >= 11 is 0. The van der Waals surface area contributed by atoms with E-state index in [1.165, 1.54) is 0 Å². The van der Waals surface area contributed by atoms with Gasteiger partial charge in [0, 0.05) is 29.3 Å². The quantitative estimate of drug-likeness (QED) is 0.389. The minimum absolute atomic E-state index is 0.284. The highest BCUT2D eigenvalue weighted by Crippen LogP contribution is 2.24. The lowest BCUT2D eigenvalue weighted by atomic mass is 10.1. The van der Waals surface area contributed by atoms with Gasteiger partial charge in [-0.1, -0.05) is 48.5 Å². The van der Waals surface area contributed by atoms with Crippen LogP contribution in [0.2, 0.25) is 0 Å². The Bertz CT molecular complexity index is 1390. The molecule has 2 amide bonds. The first kappa shape index (κ1) is 17.9. The van der Waals surface area contributed by atoms with Crippen LogP contribution >= 0.6 is 0 Å². The van der Waals surface area contributed by atoms with Crippen molar-refractivity contribution in [1.82, 2.24) is 9.38 Å². The number of fused-ring (bicyclic) bond motifs is 2.